The van der Waals surface area contributed by atoms with Gasteiger partial charge >= 0.3 is 0 Å². The van der Waals surface area contributed by atoms with Gasteiger partial charge in [-0.2, -0.15) is 0 Å². The van der Waals surface area contributed by atoms with Crippen LogP contribution in [-0.4, -0.2) is 42.0 Å². The first-order valence-electron chi connectivity index (χ1n) is 7.62. The van der Waals surface area contributed by atoms with E-state index in [1.807, 2.05) is 43.1 Å². The Bertz CT molecular complexity index is 721. The number of fused-ring (bicyclic) bond motifs is 1. The van der Waals surface area contributed by atoms with Crippen molar-refractivity contribution < 1.29 is 4.79 Å². The number of rotatable bonds is 2. The first kappa shape index (κ1) is 21.2. The van der Waals surface area contributed by atoms with Crippen LogP contribution in [0.15, 0.2) is 28.7 Å². The fraction of sp³-hybridized carbons (Fsp3) is 0.412. The third kappa shape index (κ3) is 4.39. The lowest BCUT2D eigenvalue weighted by Crippen LogP contribution is -2.47. The molecule has 24 heavy (non-hydrogen) atoms. The highest BCUT2D eigenvalue weighted by atomic mass is 79.9. The molecule has 1 amide bonds. The molecule has 3 rings (SSSR count). The molecule has 1 aromatic carbocycles. The molecular weight excluding hydrogens is 413 g/mol. The number of likely N-dealkylation sites (tertiary alicyclic amines) is 1. The number of benzene rings is 1. The van der Waals surface area contributed by atoms with Crippen LogP contribution in [0.1, 0.15) is 28.9 Å². The zero-order chi connectivity index (χ0) is 15.7. The summed E-state index contributed by atoms with van der Waals surface area (Å²) in [6.07, 6.45) is 2.17. The number of hydrogen-bond donors (Lipinski definition) is 1. The summed E-state index contributed by atoms with van der Waals surface area (Å²) in [6.45, 7) is 3.54. The van der Waals surface area contributed by atoms with Crippen LogP contribution < -0.4 is 5.32 Å². The van der Waals surface area contributed by atoms with Crippen LogP contribution in [0.5, 0.6) is 0 Å². The van der Waals surface area contributed by atoms with Crippen LogP contribution in [0.2, 0.25) is 0 Å². The van der Waals surface area contributed by atoms with Gasteiger partial charge in [-0.3, -0.25) is 9.78 Å². The summed E-state index contributed by atoms with van der Waals surface area (Å²) in [7, 11) is 1.96. The van der Waals surface area contributed by atoms with Gasteiger partial charge in [-0.05, 0) is 45.0 Å². The predicted molar refractivity (Wildman–Crippen MR) is 107 cm³/mol. The van der Waals surface area contributed by atoms with Gasteiger partial charge in [0.1, 0.15) is 0 Å². The number of nitrogens with one attached hydrogen (secondary N) is 1. The number of carbonyl (C=O) groups is 1. The first-order valence-corrected chi connectivity index (χ1v) is 8.41. The molecule has 1 fully saturated rings. The van der Waals surface area contributed by atoms with Gasteiger partial charge in [-0.25, -0.2) is 0 Å². The Morgan fingerprint density at radius 3 is 2.79 bits per heavy atom. The van der Waals surface area contributed by atoms with E-state index in [9.17, 15) is 4.79 Å². The van der Waals surface area contributed by atoms with E-state index < -0.39 is 0 Å². The van der Waals surface area contributed by atoms with E-state index in [0.29, 0.717) is 6.04 Å². The van der Waals surface area contributed by atoms with E-state index >= 15 is 0 Å². The monoisotopic (exact) mass is 433 g/mol. The highest BCUT2D eigenvalue weighted by Crippen LogP contribution is 2.24. The normalized spacial score (nSPS) is 17.1. The maximum Gasteiger partial charge on any atom is 0.254 e. The number of aromatic nitrogens is 1. The average molecular weight is 435 g/mol. The molecule has 7 heteroatoms. The Balaban J connectivity index is 0.00000144. The summed E-state index contributed by atoms with van der Waals surface area (Å²) in [5, 5.41) is 4.21. The molecular formula is C17H22BrCl2N3O. The van der Waals surface area contributed by atoms with Crippen LogP contribution in [0.3, 0.4) is 0 Å². The van der Waals surface area contributed by atoms with Crippen molar-refractivity contribution in [3.05, 3.63) is 40.0 Å². The fourth-order valence-corrected chi connectivity index (χ4v) is 3.43. The number of pyridine rings is 1. The second kappa shape index (κ2) is 8.99. The van der Waals surface area contributed by atoms with Crippen LogP contribution in [-0.2, 0) is 0 Å². The Morgan fingerprint density at radius 2 is 2.08 bits per heavy atom. The third-order valence-electron chi connectivity index (χ3n) is 4.25. The molecule has 1 aliphatic heterocycles. The van der Waals surface area contributed by atoms with Crippen molar-refractivity contribution in [1.82, 2.24) is 15.2 Å². The summed E-state index contributed by atoms with van der Waals surface area (Å²) < 4.78 is 0.977. The SMILES string of the molecule is CNC1CCCN(C(=O)c2cc(C)nc3cc(Br)ccc23)C1.Cl.Cl. The summed E-state index contributed by atoms with van der Waals surface area (Å²) >= 11 is 3.47. The quantitative estimate of drug-likeness (QED) is 0.777. The van der Waals surface area contributed by atoms with Crippen LogP contribution >= 0.6 is 40.7 Å². The predicted octanol–water partition coefficient (Wildman–Crippen LogP) is 3.97. The smallest absolute Gasteiger partial charge is 0.254 e. The molecule has 1 atom stereocenters. The molecule has 0 spiro atoms. The van der Waals surface area contributed by atoms with Crippen molar-refractivity contribution in [2.24, 2.45) is 0 Å². The van der Waals surface area contributed by atoms with E-state index in [1.165, 1.54) is 0 Å². The molecule has 0 aliphatic carbocycles. The summed E-state index contributed by atoms with van der Waals surface area (Å²) in [6, 6.07) is 8.19. The number of nitrogens with zero attached hydrogens (tertiary/aromatic N) is 2. The molecule has 4 nitrogen and oxygen atoms in total. The minimum absolute atomic E-state index is 0. The minimum Gasteiger partial charge on any atom is -0.337 e. The molecule has 0 bridgehead atoms. The van der Waals surface area contributed by atoms with Gasteiger partial charge in [0.2, 0.25) is 0 Å². The van der Waals surface area contributed by atoms with Gasteiger partial charge < -0.3 is 10.2 Å². The summed E-state index contributed by atoms with van der Waals surface area (Å²) in [5.74, 6) is 0.109. The number of halogens is 3. The Kier molecular flexibility index (Phi) is 7.93. The van der Waals surface area contributed by atoms with E-state index in [2.05, 4.69) is 26.2 Å². The number of aryl methyl sites for hydroxylation is 1. The zero-order valence-corrected chi connectivity index (χ0v) is 16.9. The molecule has 1 N–H and O–H groups in total. The number of hydrogen-bond acceptors (Lipinski definition) is 3. The van der Waals surface area contributed by atoms with E-state index in [-0.39, 0.29) is 30.7 Å². The molecule has 0 saturated carbocycles. The molecule has 1 saturated heterocycles. The molecule has 1 aliphatic rings. The van der Waals surface area contributed by atoms with Crippen molar-refractivity contribution in [2.75, 3.05) is 20.1 Å². The van der Waals surface area contributed by atoms with Crippen molar-refractivity contribution in [2.45, 2.75) is 25.8 Å². The minimum atomic E-state index is 0. The Morgan fingerprint density at radius 1 is 1.33 bits per heavy atom. The lowest BCUT2D eigenvalue weighted by Gasteiger charge is -2.33. The van der Waals surface area contributed by atoms with Crippen LogP contribution in [0, 0.1) is 6.92 Å². The van der Waals surface area contributed by atoms with Gasteiger partial charge in [-0.1, -0.05) is 22.0 Å². The molecule has 2 heterocycles. The fourth-order valence-electron chi connectivity index (χ4n) is 3.08. The third-order valence-corrected chi connectivity index (χ3v) is 4.74. The topological polar surface area (TPSA) is 45.2 Å². The lowest BCUT2D eigenvalue weighted by molar-refractivity contribution is 0.0700. The maximum absolute atomic E-state index is 13.0. The van der Waals surface area contributed by atoms with Gasteiger partial charge in [-0.15, -0.1) is 24.8 Å². The molecule has 0 radical (unpaired) electrons. The van der Waals surface area contributed by atoms with Crippen molar-refractivity contribution in [3.8, 4) is 0 Å². The van der Waals surface area contributed by atoms with Gasteiger partial charge in [0, 0.05) is 34.7 Å². The van der Waals surface area contributed by atoms with Gasteiger partial charge in [0.25, 0.3) is 5.91 Å². The van der Waals surface area contributed by atoms with Crippen molar-refractivity contribution in [1.29, 1.82) is 0 Å². The second-order valence-corrected chi connectivity index (χ2v) is 6.77. The molecule has 1 unspecified atom stereocenters. The number of likely N-dealkylation sites (N-methyl/N-ethyl adjacent to an activating group) is 1. The Labute approximate surface area is 163 Å². The molecule has 2 aromatic rings. The van der Waals surface area contributed by atoms with Crippen LogP contribution in [0.25, 0.3) is 10.9 Å². The zero-order valence-electron chi connectivity index (χ0n) is 13.7. The van der Waals surface area contributed by atoms with E-state index in [4.69, 9.17) is 0 Å². The first-order chi connectivity index (χ1) is 10.6. The van der Waals surface area contributed by atoms with E-state index in [0.717, 1.165) is 52.6 Å². The number of amides is 1. The number of carbonyl (C=O) groups excluding carboxylic acids is 1. The summed E-state index contributed by atoms with van der Waals surface area (Å²) in [5.41, 5.74) is 2.49. The number of piperidine rings is 1. The maximum atomic E-state index is 13.0. The van der Waals surface area contributed by atoms with Crippen molar-refractivity contribution in [3.63, 3.8) is 0 Å². The average Bonchev–Trinajstić information content (AvgIpc) is 2.53. The largest absolute Gasteiger partial charge is 0.337 e. The Hall–Kier alpha value is -0.880. The highest BCUT2D eigenvalue weighted by molar-refractivity contribution is 9.10. The van der Waals surface area contributed by atoms with Crippen molar-refractivity contribution >= 4 is 57.6 Å². The second-order valence-electron chi connectivity index (χ2n) is 5.85. The summed E-state index contributed by atoms with van der Waals surface area (Å²) in [4.78, 5) is 19.5. The lowest BCUT2D eigenvalue weighted by atomic mass is 10.0. The van der Waals surface area contributed by atoms with E-state index in [1.54, 1.807) is 0 Å². The molecule has 132 valence electrons. The standard InChI is InChI=1S/C17H20BrN3O.2ClH/c1-11-8-15(14-6-5-12(18)9-16(14)20-11)17(22)21-7-3-4-13(10-21)19-2;;/h5-6,8-9,13,19H,3-4,7,10H2,1-2H3;2*1H. The highest BCUT2D eigenvalue weighted by Gasteiger charge is 2.25. The van der Waals surface area contributed by atoms with Gasteiger partial charge in [0.15, 0.2) is 0 Å². The van der Waals surface area contributed by atoms with Crippen LogP contribution in [0.4, 0.5) is 0 Å². The van der Waals surface area contributed by atoms with Gasteiger partial charge in [0.05, 0.1) is 11.1 Å². The molecule has 1 aromatic heterocycles.